The second-order valence-electron chi connectivity index (χ2n) is 2.37. The van der Waals surface area contributed by atoms with E-state index in [-0.39, 0.29) is 26.0 Å². The van der Waals surface area contributed by atoms with Crippen molar-refractivity contribution in [3.63, 3.8) is 0 Å². The Hall–Kier alpha value is -0.200. The molecule has 0 heterocycles. The minimum atomic E-state index is 0. The van der Waals surface area contributed by atoms with E-state index < -0.39 is 0 Å². The molecule has 0 aromatic heterocycles. The fourth-order valence-electron chi connectivity index (χ4n) is 0.480. The van der Waals surface area contributed by atoms with Crippen LogP contribution in [0.2, 0.25) is 0 Å². The molecular formula is C8H24N2O3. The highest BCUT2D eigenvalue weighted by Crippen LogP contribution is 1.80. The lowest BCUT2D eigenvalue weighted by atomic mass is 10.3. The van der Waals surface area contributed by atoms with Crippen molar-refractivity contribution in [3.05, 3.63) is 0 Å². The maximum Gasteiger partial charge on any atom is 0.0431 e. The lowest BCUT2D eigenvalue weighted by Gasteiger charge is -1.86. The van der Waals surface area contributed by atoms with Crippen LogP contribution in [0.5, 0.6) is 0 Å². The van der Waals surface area contributed by atoms with Crippen LogP contribution in [0.15, 0.2) is 0 Å². The second kappa shape index (κ2) is 22.6. The standard InChI is InChI=1S/C4H11NO.C4H10O2.H3N/c2*5-3-1-2-4-6;/h6H,1-5H2;5-6H,1-4H2;1H3. The summed E-state index contributed by atoms with van der Waals surface area (Å²) in [7, 11) is 0. The van der Waals surface area contributed by atoms with Gasteiger partial charge in [-0.15, -0.1) is 0 Å². The molecular weight excluding hydrogens is 172 g/mol. The molecule has 0 aromatic carbocycles. The zero-order chi connectivity index (χ0) is 9.66. The smallest absolute Gasteiger partial charge is 0.0431 e. The molecule has 0 unspecified atom stereocenters. The molecule has 0 aliphatic rings. The topological polar surface area (TPSA) is 122 Å². The molecule has 0 bridgehead atoms. The summed E-state index contributed by atoms with van der Waals surface area (Å²) in [6.07, 6.45) is 3.22. The SMILES string of the molecule is N.NCCCCO.OCCCCO. The minimum absolute atomic E-state index is 0. The van der Waals surface area contributed by atoms with E-state index in [9.17, 15) is 0 Å². The third-order valence-corrected chi connectivity index (χ3v) is 1.18. The Morgan fingerprint density at radius 1 is 0.692 bits per heavy atom. The normalized spacial score (nSPS) is 8.31. The lowest BCUT2D eigenvalue weighted by molar-refractivity contribution is 0.242. The number of aliphatic hydroxyl groups is 3. The molecule has 0 aliphatic carbocycles. The molecule has 0 spiro atoms. The lowest BCUT2D eigenvalue weighted by Crippen LogP contribution is -1.98. The van der Waals surface area contributed by atoms with Crippen molar-refractivity contribution in [1.82, 2.24) is 6.15 Å². The Morgan fingerprint density at radius 2 is 1.00 bits per heavy atom. The third-order valence-electron chi connectivity index (χ3n) is 1.18. The summed E-state index contributed by atoms with van der Waals surface area (Å²) in [4.78, 5) is 0. The van der Waals surface area contributed by atoms with Gasteiger partial charge in [0.1, 0.15) is 0 Å². The van der Waals surface area contributed by atoms with Crippen molar-refractivity contribution in [2.45, 2.75) is 25.7 Å². The van der Waals surface area contributed by atoms with Gasteiger partial charge in [0.15, 0.2) is 0 Å². The molecule has 0 saturated carbocycles. The third kappa shape index (κ3) is 33.7. The molecule has 5 heteroatoms. The van der Waals surface area contributed by atoms with Crippen LogP contribution in [-0.4, -0.2) is 41.7 Å². The van der Waals surface area contributed by atoms with Gasteiger partial charge in [-0.05, 0) is 32.2 Å². The van der Waals surface area contributed by atoms with Gasteiger partial charge in [0.2, 0.25) is 0 Å². The first-order valence-electron chi connectivity index (χ1n) is 4.36. The van der Waals surface area contributed by atoms with E-state index in [1.54, 1.807) is 0 Å². The molecule has 0 radical (unpaired) electrons. The highest BCUT2D eigenvalue weighted by Gasteiger charge is 1.77. The van der Waals surface area contributed by atoms with Crippen molar-refractivity contribution >= 4 is 0 Å². The van der Waals surface area contributed by atoms with Gasteiger partial charge in [-0.2, -0.15) is 0 Å². The first-order chi connectivity index (χ1) is 5.83. The predicted molar refractivity (Wildman–Crippen MR) is 53.8 cm³/mol. The molecule has 13 heavy (non-hydrogen) atoms. The number of hydrogen-bond donors (Lipinski definition) is 5. The van der Waals surface area contributed by atoms with Crippen molar-refractivity contribution in [2.24, 2.45) is 5.73 Å². The van der Waals surface area contributed by atoms with Crippen molar-refractivity contribution in [1.29, 1.82) is 0 Å². The average molecular weight is 196 g/mol. The highest BCUT2D eigenvalue weighted by molar-refractivity contribution is 4.34. The number of rotatable bonds is 6. The molecule has 0 aliphatic heterocycles. The largest absolute Gasteiger partial charge is 0.396 e. The van der Waals surface area contributed by atoms with Crippen LogP contribution in [0.4, 0.5) is 0 Å². The second-order valence-corrected chi connectivity index (χ2v) is 2.37. The van der Waals surface area contributed by atoms with E-state index in [0.717, 1.165) is 25.7 Å². The van der Waals surface area contributed by atoms with Crippen molar-refractivity contribution in [2.75, 3.05) is 26.4 Å². The quantitative estimate of drug-likeness (QED) is 0.371. The first kappa shape index (κ1) is 18.6. The molecule has 0 amide bonds. The monoisotopic (exact) mass is 196 g/mol. The van der Waals surface area contributed by atoms with Gasteiger partial charge < -0.3 is 27.2 Å². The van der Waals surface area contributed by atoms with Crippen LogP contribution in [0, 0.1) is 0 Å². The van der Waals surface area contributed by atoms with E-state index in [1.165, 1.54) is 0 Å². The van der Waals surface area contributed by atoms with E-state index in [1.807, 2.05) is 0 Å². The van der Waals surface area contributed by atoms with Crippen LogP contribution in [0.25, 0.3) is 0 Å². The Kier molecular flexibility index (Phi) is 32.3. The molecule has 0 rings (SSSR count). The average Bonchev–Trinajstić information content (AvgIpc) is 2.12. The fraction of sp³-hybridized carbons (Fsp3) is 1.00. The van der Waals surface area contributed by atoms with Crippen molar-refractivity contribution in [3.8, 4) is 0 Å². The number of hydrogen-bond acceptors (Lipinski definition) is 5. The van der Waals surface area contributed by atoms with Gasteiger partial charge in [-0.3, -0.25) is 0 Å². The van der Waals surface area contributed by atoms with Gasteiger partial charge in [0.25, 0.3) is 0 Å². The van der Waals surface area contributed by atoms with E-state index in [4.69, 9.17) is 21.1 Å². The Bertz CT molecular complexity index is 49.4. The van der Waals surface area contributed by atoms with E-state index >= 15 is 0 Å². The summed E-state index contributed by atoms with van der Waals surface area (Å²) in [5.41, 5.74) is 5.10. The van der Waals surface area contributed by atoms with Gasteiger partial charge >= 0.3 is 0 Å². The fourth-order valence-corrected chi connectivity index (χ4v) is 0.480. The number of aliphatic hydroxyl groups excluding tert-OH is 3. The van der Waals surface area contributed by atoms with Crippen LogP contribution in [0.1, 0.15) is 25.7 Å². The van der Waals surface area contributed by atoms with Crippen LogP contribution in [0.3, 0.4) is 0 Å². The maximum atomic E-state index is 8.14. The Balaban J connectivity index is -0.000000143. The van der Waals surface area contributed by atoms with Gasteiger partial charge in [-0.25, -0.2) is 0 Å². The van der Waals surface area contributed by atoms with Gasteiger partial charge in [-0.1, -0.05) is 0 Å². The highest BCUT2D eigenvalue weighted by atomic mass is 16.3. The van der Waals surface area contributed by atoms with E-state index in [0.29, 0.717) is 6.54 Å². The van der Waals surface area contributed by atoms with E-state index in [2.05, 4.69) is 0 Å². The summed E-state index contributed by atoms with van der Waals surface area (Å²) in [5, 5.41) is 24.3. The first-order valence-corrected chi connectivity index (χ1v) is 4.36. The molecule has 0 fully saturated rings. The molecule has 0 saturated heterocycles. The summed E-state index contributed by atoms with van der Waals surface area (Å²) >= 11 is 0. The zero-order valence-corrected chi connectivity index (χ0v) is 8.28. The summed E-state index contributed by atoms with van der Waals surface area (Å²) in [6, 6.07) is 0. The number of nitrogens with two attached hydrogens (primary N) is 1. The maximum absolute atomic E-state index is 8.14. The Morgan fingerprint density at radius 3 is 1.15 bits per heavy atom. The summed E-state index contributed by atoms with van der Waals surface area (Å²) in [6.45, 7) is 1.36. The van der Waals surface area contributed by atoms with Gasteiger partial charge in [0.05, 0.1) is 0 Å². The molecule has 5 nitrogen and oxygen atoms in total. The molecule has 0 atom stereocenters. The zero-order valence-electron chi connectivity index (χ0n) is 8.28. The Labute approximate surface area is 80.2 Å². The van der Waals surface area contributed by atoms with Crippen LogP contribution < -0.4 is 11.9 Å². The number of unbranched alkanes of at least 4 members (excludes halogenated alkanes) is 2. The van der Waals surface area contributed by atoms with Gasteiger partial charge in [0, 0.05) is 19.8 Å². The van der Waals surface area contributed by atoms with Crippen LogP contribution in [-0.2, 0) is 0 Å². The molecule has 84 valence electrons. The summed E-state index contributed by atoms with van der Waals surface area (Å²) < 4.78 is 0. The molecule has 8 N–H and O–H groups in total. The predicted octanol–water partition coefficient (Wildman–Crippen LogP) is -0.369. The molecule has 0 aromatic rings. The van der Waals surface area contributed by atoms with Crippen LogP contribution >= 0.6 is 0 Å². The minimum Gasteiger partial charge on any atom is -0.396 e. The van der Waals surface area contributed by atoms with Crippen molar-refractivity contribution < 1.29 is 15.3 Å². The summed E-state index contributed by atoms with van der Waals surface area (Å²) in [5.74, 6) is 0.